The van der Waals surface area contributed by atoms with Gasteiger partial charge < -0.3 is 19.7 Å². The number of benzene rings is 1. The fraction of sp³-hybridized carbons (Fsp3) is 0.389. The summed E-state index contributed by atoms with van der Waals surface area (Å²) in [7, 11) is 2.26. The van der Waals surface area contributed by atoms with Crippen molar-refractivity contribution >= 4 is 29.5 Å². The Bertz CT molecular complexity index is 685. The van der Waals surface area contributed by atoms with Gasteiger partial charge in [0.2, 0.25) is 11.8 Å². The first-order valence-electron chi connectivity index (χ1n) is 8.06. The predicted molar refractivity (Wildman–Crippen MR) is 93.6 cm³/mol. The number of esters is 2. The molecule has 1 N–H and O–H groups in total. The van der Waals surface area contributed by atoms with Gasteiger partial charge in [-0.1, -0.05) is 30.3 Å². The van der Waals surface area contributed by atoms with Gasteiger partial charge in [0.1, 0.15) is 19.1 Å². The maximum atomic E-state index is 12.8. The number of nitrogens with zero attached hydrogens (tertiary/aromatic N) is 1. The smallest absolute Gasteiger partial charge is 0.325 e. The zero-order chi connectivity index (χ0) is 20.4. The van der Waals surface area contributed by atoms with Gasteiger partial charge in [-0.15, -0.1) is 0 Å². The van der Waals surface area contributed by atoms with E-state index in [-0.39, 0.29) is 12.2 Å². The zero-order valence-electron chi connectivity index (χ0n) is 15.4. The molecule has 0 radical (unpaired) electrons. The predicted octanol–water partition coefficient (Wildman–Crippen LogP) is -0.0613. The van der Waals surface area contributed by atoms with Crippen molar-refractivity contribution in [1.82, 2.24) is 10.2 Å². The van der Waals surface area contributed by atoms with E-state index in [0.29, 0.717) is 5.56 Å². The molecule has 2 amide bonds. The Morgan fingerprint density at radius 3 is 1.93 bits per heavy atom. The second-order valence-electron chi connectivity index (χ2n) is 5.59. The van der Waals surface area contributed by atoms with E-state index < -0.39 is 42.9 Å². The summed E-state index contributed by atoms with van der Waals surface area (Å²) in [6.07, 6.45) is -0.332. The third-order valence-corrected chi connectivity index (χ3v) is 3.57. The quantitative estimate of drug-likeness (QED) is 0.472. The molecule has 9 nitrogen and oxygen atoms in total. The van der Waals surface area contributed by atoms with Gasteiger partial charge >= 0.3 is 11.9 Å². The number of carbonyl (C=O) groups is 5. The van der Waals surface area contributed by atoms with E-state index in [2.05, 4.69) is 14.8 Å². The van der Waals surface area contributed by atoms with Crippen LogP contribution in [0.2, 0.25) is 0 Å². The molecule has 0 saturated carbocycles. The minimum absolute atomic E-state index is 0.332. The van der Waals surface area contributed by atoms with Crippen LogP contribution >= 0.6 is 0 Å². The summed E-state index contributed by atoms with van der Waals surface area (Å²) in [5.41, 5.74) is 0.369. The highest BCUT2D eigenvalue weighted by Crippen LogP contribution is 2.09. The van der Waals surface area contributed by atoms with Crippen molar-refractivity contribution in [2.45, 2.75) is 19.4 Å². The summed E-state index contributed by atoms with van der Waals surface area (Å²) in [4.78, 5) is 60.7. The van der Waals surface area contributed by atoms with Gasteiger partial charge in [-0.2, -0.15) is 0 Å². The Hall–Kier alpha value is -3.23. The Morgan fingerprint density at radius 1 is 0.963 bits per heavy atom. The average molecular weight is 378 g/mol. The van der Waals surface area contributed by atoms with Gasteiger partial charge in [0, 0.05) is 18.9 Å². The SMILES string of the molecule is COC(=O)CN(CC(=O)OC)C(=O)[C@H](CC(=O)c1ccccc1)NC(C)=O. The summed E-state index contributed by atoms with van der Waals surface area (Å²) in [6, 6.07) is 7.00. The summed E-state index contributed by atoms with van der Waals surface area (Å²) >= 11 is 0. The van der Waals surface area contributed by atoms with Gasteiger partial charge in [-0.05, 0) is 0 Å². The normalized spacial score (nSPS) is 11.1. The van der Waals surface area contributed by atoms with Gasteiger partial charge in [-0.25, -0.2) is 0 Å². The lowest BCUT2D eigenvalue weighted by atomic mass is 10.0. The standard InChI is InChI=1S/C18H22N2O7/c1-12(21)19-14(9-15(22)13-7-5-4-6-8-13)18(25)20(10-16(23)26-2)11-17(24)27-3/h4-8,14H,9-11H2,1-3H3,(H,19,21)/t14-/m0/s1. The number of rotatable bonds is 9. The van der Waals surface area contributed by atoms with Crippen LogP contribution in [0, 0.1) is 0 Å². The highest BCUT2D eigenvalue weighted by atomic mass is 16.5. The van der Waals surface area contributed by atoms with Crippen LogP contribution in [0.25, 0.3) is 0 Å². The van der Waals surface area contributed by atoms with Gasteiger partial charge in [0.05, 0.1) is 14.2 Å². The molecule has 0 bridgehead atoms. The van der Waals surface area contributed by atoms with Crippen LogP contribution in [0.5, 0.6) is 0 Å². The second-order valence-corrected chi connectivity index (χ2v) is 5.59. The molecule has 146 valence electrons. The monoisotopic (exact) mass is 378 g/mol. The highest BCUT2D eigenvalue weighted by Gasteiger charge is 2.30. The van der Waals surface area contributed by atoms with E-state index in [1.807, 2.05) is 0 Å². The molecular formula is C18H22N2O7. The molecular weight excluding hydrogens is 356 g/mol. The van der Waals surface area contributed by atoms with Crippen molar-refractivity contribution in [2.75, 3.05) is 27.3 Å². The topological polar surface area (TPSA) is 119 Å². The van der Waals surface area contributed by atoms with Crippen molar-refractivity contribution in [2.24, 2.45) is 0 Å². The molecule has 0 aromatic heterocycles. The van der Waals surface area contributed by atoms with Crippen LogP contribution in [-0.4, -0.2) is 67.8 Å². The largest absolute Gasteiger partial charge is 0.468 e. The molecule has 1 atom stereocenters. The summed E-state index contributed by atoms with van der Waals surface area (Å²) in [6.45, 7) is 0.137. The Kier molecular flexibility index (Phi) is 8.64. The van der Waals surface area contributed by atoms with Gasteiger partial charge in [-0.3, -0.25) is 24.0 Å². The number of ketones is 1. The first-order chi connectivity index (χ1) is 12.8. The van der Waals surface area contributed by atoms with E-state index in [4.69, 9.17) is 0 Å². The van der Waals surface area contributed by atoms with Crippen LogP contribution in [0.3, 0.4) is 0 Å². The van der Waals surface area contributed by atoms with Crippen LogP contribution < -0.4 is 5.32 Å². The maximum Gasteiger partial charge on any atom is 0.325 e. The molecule has 1 aromatic rings. The van der Waals surface area contributed by atoms with E-state index in [1.54, 1.807) is 30.3 Å². The first-order valence-corrected chi connectivity index (χ1v) is 8.06. The molecule has 0 aliphatic carbocycles. The van der Waals surface area contributed by atoms with Crippen LogP contribution in [0.4, 0.5) is 0 Å². The second kappa shape index (κ2) is 10.7. The zero-order valence-corrected chi connectivity index (χ0v) is 15.4. The van der Waals surface area contributed by atoms with Crippen LogP contribution in [0.15, 0.2) is 30.3 Å². The third kappa shape index (κ3) is 7.27. The molecule has 0 aliphatic rings. The van der Waals surface area contributed by atoms with Crippen molar-refractivity contribution in [3.8, 4) is 0 Å². The molecule has 0 saturated heterocycles. The number of Topliss-reactive ketones (excluding diaryl/α,β-unsaturated/α-hetero) is 1. The lowest BCUT2D eigenvalue weighted by Gasteiger charge is -2.25. The minimum atomic E-state index is -1.25. The first kappa shape index (κ1) is 21.8. The van der Waals surface area contributed by atoms with Crippen LogP contribution in [0.1, 0.15) is 23.7 Å². The molecule has 1 aromatic carbocycles. The van der Waals surface area contributed by atoms with E-state index >= 15 is 0 Å². The lowest BCUT2D eigenvalue weighted by molar-refractivity contribution is -0.153. The average Bonchev–Trinajstić information content (AvgIpc) is 2.66. The van der Waals surface area contributed by atoms with Crippen molar-refractivity contribution in [3.05, 3.63) is 35.9 Å². The molecule has 0 fully saturated rings. The summed E-state index contributed by atoms with van der Waals surface area (Å²) < 4.78 is 9.04. The number of amides is 2. The van der Waals surface area contributed by atoms with E-state index in [9.17, 15) is 24.0 Å². The number of ether oxygens (including phenoxy) is 2. The molecule has 0 unspecified atom stereocenters. The number of carbonyl (C=O) groups excluding carboxylic acids is 5. The van der Waals surface area contributed by atoms with E-state index in [0.717, 1.165) is 19.1 Å². The Morgan fingerprint density at radius 2 is 1.48 bits per heavy atom. The third-order valence-electron chi connectivity index (χ3n) is 3.57. The molecule has 0 aliphatic heterocycles. The number of hydrogen-bond donors (Lipinski definition) is 1. The molecule has 0 spiro atoms. The molecule has 0 heterocycles. The number of methoxy groups -OCH3 is 2. The van der Waals surface area contributed by atoms with Crippen molar-refractivity contribution < 1.29 is 33.4 Å². The molecule has 1 rings (SSSR count). The molecule has 9 heteroatoms. The van der Waals surface area contributed by atoms with E-state index in [1.165, 1.54) is 6.92 Å². The number of nitrogens with one attached hydrogen (secondary N) is 1. The summed E-state index contributed by atoms with van der Waals surface area (Å²) in [5, 5.41) is 2.39. The fourth-order valence-electron chi connectivity index (χ4n) is 2.25. The van der Waals surface area contributed by atoms with Crippen LogP contribution in [-0.2, 0) is 28.7 Å². The van der Waals surface area contributed by atoms with Crippen molar-refractivity contribution in [1.29, 1.82) is 0 Å². The Balaban J connectivity index is 3.03. The maximum absolute atomic E-state index is 12.8. The fourth-order valence-corrected chi connectivity index (χ4v) is 2.25. The Labute approximate surface area is 156 Å². The van der Waals surface area contributed by atoms with Gasteiger partial charge in [0.15, 0.2) is 5.78 Å². The highest BCUT2D eigenvalue weighted by molar-refractivity contribution is 6.01. The minimum Gasteiger partial charge on any atom is -0.468 e. The van der Waals surface area contributed by atoms with Crippen molar-refractivity contribution in [3.63, 3.8) is 0 Å². The molecule has 27 heavy (non-hydrogen) atoms. The summed E-state index contributed by atoms with van der Waals surface area (Å²) in [5.74, 6) is -3.21. The van der Waals surface area contributed by atoms with Gasteiger partial charge in [0.25, 0.3) is 0 Å². The lowest BCUT2D eigenvalue weighted by Crippen LogP contribution is -2.51. The number of hydrogen-bond acceptors (Lipinski definition) is 7.